The van der Waals surface area contributed by atoms with E-state index in [-0.39, 0.29) is 24.3 Å². The molecule has 0 N–H and O–H groups in total. The summed E-state index contributed by atoms with van der Waals surface area (Å²) in [5.41, 5.74) is 3.95. The van der Waals surface area contributed by atoms with Gasteiger partial charge >= 0.3 is 0 Å². The van der Waals surface area contributed by atoms with Gasteiger partial charge in [-0.25, -0.2) is 0 Å². The summed E-state index contributed by atoms with van der Waals surface area (Å²) in [4.78, 5) is 29.3. The van der Waals surface area contributed by atoms with Gasteiger partial charge in [0.1, 0.15) is 0 Å². The molecular formula is C26H24N2O2. The van der Waals surface area contributed by atoms with Gasteiger partial charge in [0.2, 0.25) is 11.8 Å². The Hall–Kier alpha value is -3.66. The third kappa shape index (κ3) is 4.18. The fourth-order valence-corrected chi connectivity index (χ4v) is 3.89. The van der Waals surface area contributed by atoms with Gasteiger partial charge in [0.05, 0.1) is 19.0 Å². The molecule has 30 heavy (non-hydrogen) atoms. The molecule has 1 aliphatic rings. The van der Waals surface area contributed by atoms with E-state index >= 15 is 0 Å². The normalized spacial score (nSPS) is 14.8. The van der Waals surface area contributed by atoms with Crippen molar-refractivity contribution in [1.29, 1.82) is 0 Å². The molecule has 3 aromatic carbocycles. The van der Waals surface area contributed by atoms with E-state index in [4.69, 9.17) is 0 Å². The molecule has 0 aromatic heterocycles. The van der Waals surface area contributed by atoms with E-state index in [2.05, 4.69) is 0 Å². The van der Waals surface area contributed by atoms with Crippen molar-refractivity contribution in [2.75, 3.05) is 4.90 Å². The van der Waals surface area contributed by atoms with Gasteiger partial charge in [0.25, 0.3) is 0 Å². The Balaban J connectivity index is 1.66. The van der Waals surface area contributed by atoms with Crippen LogP contribution in [0.2, 0.25) is 0 Å². The molecular weight excluding hydrogens is 372 g/mol. The minimum atomic E-state index is -0.321. The number of benzene rings is 3. The second kappa shape index (κ2) is 8.78. The van der Waals surface area contributed by atoms with Crippen LogP contribution >= 0.6 is 0 Å². The lowest BCUT2D eigenvalue weighted by molar-refractivity contribution is -0.129. The number of hydrogen-bond donors (Lipinski definition) is 0. The van der Waals surface area contributed by atoms with Crippen molar-refractivity contribution in [1.82, 2.24) is 4.90 Å². The maximum atomic E-state index is 13.6. The quantitative estimate of drug-likeness (QED) is 0.596. The standard InChI is InChI=1S/C26H24N2O2/c1-20(29)27-17-16-22-12-8-9-15-24(22)25(27)18-26(30)28(23-13-6-3-7-14-23)19-21-10-4-2-5-11-21/h2-17,25H,18-19H2,1H3. The largest absolute Gasteiger partial charge is 0.311 e. The maximum Gasteiger partial charge on any atom is 0.229 e. The third-order valence-electron chi connectivity index (χ3n) is 5.39. The maximum absolute atomic E-state index is 13.6. The predicted octanol–water partition coefficient (Wildman–Crippen LogP) is 5.18. The van der Waals surface area contributed by atoms with Crippen LogP contribution in [0.3, 0.4) is 0 Å². The van der Waals surface area contributed by atoms with Crippen LogP contribution in [0.1, 0.15) is 36.1 Å². The summed E-state index contributed by atoms with van der Waals surface area (Å²) < 4.78 is 0. The van der Waals surface area contributed by atoms with E-state index in [1.165, 1.54) is 6.92 Å². The van der Waals surface area contributed by atoms with Crippen LogP contribution in [0, 0.1) is 0 Å². The molecule has 1 atom stereocenters. The van der Waals surface area contributed by atoms with Gasteiger partial charge in [0, 0.05) is 18.8 Å². The predicted molar refractivity (Wildman–Crippen MR) is 119 cm³/mol. The topological polar surface area (TPSA) is 40.6 Å². The van der Waals surface area contributed by atoms with Gasteiger partial charge in [-0.05, 0) is 34.9 Å². The Labute approximate surface area is 177 Å². The van der Waals surface area contributed by atoms with E-state index in [0.29, 0.717) is 6.54 Å². The molecule has 2 amide bonds. The Morgan fingerprint density at radius 2 is 1.50 bits per heavy atom. The van der Waals surface area contributed by atoms with Crippen molar-refractivity contribution in [3.63, 3.8) is 0 Å². The van der Waals surface area contributed by atoms with Crippen molar-refractivity contribution in [3.05, 3.63) is 108 Å². The lowest BCUT2D eigenvalue weighted by atomic mass is 9.93. The first-order valence-electron chi connectivity index (χ1n) is 10.1. The van der Waals surface area contributed by atoms with Gasteiger partial charge in [-0.3, -0.25) is 9.59 Å². The highest BCUT2D eigenvalue weighted by molar-refractivity contribution is 5.94. The van der Waals surface area contributed by atoms with Crippen LogP contribution in [0.5, 0.6) is 0 Å². The van der Waals surface area contributed by atoms with Crippen LogP contribution in [0.4, 0.5) is 5.69 Å². The number of carbonyl (C=O) groups excluding carboxylic acids is 2. The third-order valence-corrected chi connectivity index (χ3v) is 5.39. The lowest BCUT2D eigenvalue weighted by Gasteiger charge is -2.34. The molecule has 0 radical (unpaired) electrons. The number of anilines is 1. The van der Waals surface area contributed by atoms with Crippen LogP contribution in [0.25, 0.3) is 6.08 Å². The SMILES string of the molecule is CC(=O)N1C=Cc2ccccc2C1CC(=O)N(Cc1ccccc1)c1ccccc1. The van der Waals surface area contributed by atoms with Gasteiger partial charge in [-0.2, -0.15) is 0 Å². The van der Waals surface area contributed by atoms with E-state index in [1.807, 2.05) is 91.0 Å². The first-order chi connectivity index (χ1) is 14.6. The Morgan fingerprint density at radius 3 is 2.20 bits per heavy atom. The molecule has 1 heterocycles. The number of hydrogen-bond acceptors (Lipinski definition) is 2. The molecule has 0 saturated carbocycles. The van der Waals surface area contributed by atoms with E-state index < -0.39 is 0 Å². The van der Waals surface area contributed by atoms with E-state index in [1.54, 1.807) is 16.0 Å². The second-order valence-electron chi connectivity index (χ2n) is 7.39. The fourth-order valence-electron chi connectivity index (χ4n) is 3.89. The number of fused-ring (bicyclic) bond motifs is 1. The molecule has 4 rings (SSSR count). The lowest BCUT2D eigenvalue weighted by Crippen LogP contribution is -2.37. The van der Waals surface area contributed by atoms with Crippen molar-refractivity contribution >= 4 is 23.6 Å². The zero-order valence-corrected chi connectivity index (χ0v) is 16.9. The van der Waals surface area contributed by atoms with Crippen LogP contribution < -0.4 is 4.90 Å². The summed E-state index contributed by atoms with van der Waals surface area (Å²) in [6.07, 6.45) is 3.92. The highest BCUT2D eigenvalue weighted by atomic mass is 16.2. The molecule has 1 aliphatic heterocycles. The summed E-state index contributed by atoms with van der Waals surface area (Å²) in [6, 6.07) is 27.2. The van der Waals surface area contributed by atoms with Gasteiger partial charge in [0.15, 0.2) is 0 Å². The number of carbonyl (C=O) groups is 2. The number of rotatable bonds is 5. The van der Waals surface area contributed by atoms with Crippen LogP contribution in [0.15, 0.2) is 91.1 Å². The Bertz CT molecular complexity index is 1060. The van der Waals surface area contributed by atoms with Crippen molar-refractivity contribution in [2.24, 2.45) is 0 Å². The van der Waals surface area contributed by atoms with Crippen molar-refractivity contribution in [3.8, 4) is 0 Å². The minimum Gasteiger partial charge on any atom is -0.311 e. The second-order valence-corrected chi connectivity index (χ2v) is 7.39. The molecule has 0 aliphatic carbocycles. The summed E-state index contributed by atoms with van der Waals surface area (Å²) >= 11 is 0. The van der Waals surface area contributed by atoms with Gasteiger partial charge in [-0.15, -0.1) is 0 Å². The number of amides is 2. The molecule has 0 bridgehead atoms. The van der Waals surface area contributed by atoms with E-state index in [0.717, 1.165) is 22.4 Å². The average Bonchev–Trinajstić information content (AvgIpc) is 2.78. The molecule has 150 valence electrons. The zero-order chi connectivity index (χ0) is 20.9. The van der Waals surface area contributed by atoms with Crippen molar-refractivity contribution in [2.45, 2.75) is 25.9 Å². The minimum absolute atomic E-state index is 0.0218. The summed E-state index contributed by atoms with van der Waals surface area (Å²) in [5.74, 6) is -0.0979. The van der Waals surface area contributed by atoms with Crippen molar-refractivity contribution < 1.29 is 9.59 Å². The highest BCUT2D eigenvalue weighted by Gasteiger charge is 2.30. The summed E-state index contributed by atoms with van der Waals surface area (Å²) in [5, 5.41) is 0. The Kier molecular flexibility index (Phi) is 5.75. The first kappa shape index (κ1) is 19.6. The monoisotopic (exact) mass is 396 g/mol. The van der Waals surface area contributed by atoms with Gasteiger partial charge < -0.3 is 9.80 Å². The fraction of sp³-hybridized carbons (Fsp3) is 0.154. The zero-order valence-electron chi connectivity index (χ0n) is 16.9. The number of nitrogens with zero attached hydrogens (tertiary/aromatic N) is 2. The molecule has 4 nitrogen and oxygen atoms in total. The van der Waals surface area contributed by atoms with Gasteiger partial charge in [-0.1, -0.05) is 72.8 Å². The first-order valence-corrected chi connectivity index (χ1v) is 10.1. The highest BCUT2D eigenvalue weighted by Crippen LogP contribution is 2.34. The van der Waals surface area contributed by atoms with Crippen LogP contribution in [-0.4, -0.2) is 16.7 Å². The molecule has 0 spiro atoms. The number of para-hydroxylation sites is 1. The summed E-state index contributed by atoms with van der Waals surface area (Å²) in [7, 11) is 0. The summed E-state index contributed by atoms with van der Waals surface area (Å²) in [6.45, 7) is 2.02. The molecule has 1 unspecified atom stereocenters. The molecule has 0 saturated heterocycles. The Morgan fingerprint density at radius 1 is 0.867 bits per heavy atom. The molecule has 4 heteroatoms. The molecule has 3 aromatic rings. The van der Waals surface area contributed by atoms with Crippen LogP contribution in [-0.2, 0) is 16.1 Å². The molecule has 0 fully saturated rings. The smallest absolute Gasteiger partial charge is 0.229 e. The average molecular weight is 396 g/mol. The van der Waals surface area contributed by atoms with E-state index in [9.17, 15) is 9.59 Å².